The van der Waals surface area contributed by atoms with Crippen molar-refractivity contribution in [2.24, 2.45) is 5.92 Å². The molecule has 1 atom stereocenters. The summed E-state index contributed by atoms with van der Waals surface area (Å²) in [7, 11) is 0. The number of carbonyl (C=O) groups excluding carboxylic acids is 2. The first-order valence-corrected chi connectivity index (χ1v) is 10.7. The van der Waals surface area contributed by atoms with Crippen molar-refractivity contribution in [3.05, 3.63) is 45.9 Å². The van der Waals surface area contributed by atoms with Crippen LogP contribution >= 0.6 is 11.3 Å². The van der Waals surface area contributed by atoms with Gasteiger partial charge in [0.25, 0.3) is 5.91 Å². The maximum Gasteiger partial charge on any atom is 0.253 e. The van der Waals surface area contributed by atoms with Crippen LogP contribution in [0.3, 0.4) is 0 Å². The lowest BCUT2D eigenvalue weighted by molar-refractivity contribution is -0.126. The number of thiazole rings is 1. The monoisotopic (exact) mass is 401 g/mol. The number of nitrogens with one attached hydrogen (secondary N) is 1. The summed E-state index contributed by atoms with van der Waals surface area (Å²) in [5, 5.41) is 5.94. The Morgan fingerprint density at radius 2 is 2.11 bits per heavy atom. The minimum absolute atomic E-state index is 0.0327. The lowest BCUT2D eigenvalue weighted by atomic mass is 9.96. The van der Waals surface area contributed by atoms with E-state index < -0.39 is 0 Å². The molecule has 1 N–H and O–H groups in total. The highest BCUT2D eigenvalue weighted by molar-refractivity contribution is 7.09. The number of nitrogens with zero attached hydrogens (tertiary/aromatic N) is 2. The third-order valence-corrected chi connectivity index (χ3v) is 5.61. The average Bonchev–Trinajstić information content (AvgIpc) is 3.15. The Hall–Kier alpha value is -2.41. The van der Waals surface area contributed by atoms with E-state index in [1.807, 2.05) is 31.4 Å². The molecule has 150 valence electrons. The number of rotatable bonds is 7. The summed E-state index contributed by atoms with van der Waals surface area (Å²) in [4.78, 5) is 31.2. The van der Waals surface area contributed by atoms with Gasteiger partial charge in [-0.1, -0.05) is 6.92 Å². The standard InChI is InChI=1S/C21H27N3O3S/c1-3-10-22-20(25)17-5-4-11-24(12-17)21(26)16-6-8-19(9-7-16)27-13-18-14-28-15(2)23-18/h6-9,14,17H,3-5,10-13H2,1-2H3,(H,22,25). The molecule has 3 rings (SSSR count). The smallest absolute Gasteiger partial charge is 0.253 e. The molecule has 2 heterocycles. The van der Waals surface area contributed by atoms with Gasteiger partial charge in [0.15, 0.2) is 0 Å². The third-order valence-electron chi connectivity index (χ3n) is 4.78. The second-order valence-corrected chi connectivity index (χ2v) is 8.11. The van der Waals surface area contributed by atoms with E-state index in [0.717, 1.165) is 30.0 Å². The Labute approximate surface area is 169 Å². The molecule has 6 nitrogen and oxygen atoms in total. The van der Waals surface area contributed by atoms with Crippen LogP contribution < -0.4 is 10.1 Å². The van der Waals surface area contributed by atoms with Crippen LogP contribution in [0.2, 0.25) is 0 Å². The Bertz CT molecular complexity index is 803. The van der Waals surface area contributed by atoms with Crippen molar-refractivity contribution in [1.82, 2.24) is 15.2 Å². The van der Waals surface area contributed by atoms with E-state index in [2.05, 4.69) is 10.3 Å². The predicted octanol–water partition coefficient (Wildman–Crippen LogP) is 3.41. The highest BCUT2D eigenvalue weighted by Crippen LogP contribution is 2.21. The lowest BCUT2D eigenvalue weighted by Gasteiger charge is -2.32. The first-order valence-electron chi connectivity index (χ1n) is 9.77. The van der Waals surface area contributed by atoms with Crippen molar-refractivity contribution in [1.29, 1.82) is 0 Å². The zero-order chi connectivity index (χ0) is 19.9. The number of benzene rings is 1. The van der Waals surface area contributed by atoms with E-state index in [1.165, 1.54) is 0 Å². The number of aryl methyl sites for hydroxylation is 1. The summed E-state index contributed by atoms with van der Waals surface area (Å²) in [5.41, 5.74) is 1.52. The van der Waals surface area contributed by atoms with Crippen molar-refractivity contribution in [2.45, 2.75) is 39.7 Å². The van der Waals surface area contributed by atoms with Crippen LogP contribution in [0, 0.1) is 12.8 Å². The van der Waals surface area contributed by atoms with Gasteiger partial charge < -0.3 is 15.0 Å². The minimum atomic E-state index is -0.117. The van der Waals surface area contributed by atoms with Gasteiger partial charge in [-0.3, -0.25) is 9.59 Å². The van der Waals surface area contributed by atoms with Crippen LogP contribution in [-0.4, -0.2) is 41.3 Å². The molecule has 0 bridgehead atoms. The maximum atomic E-state index is 12.8. The lowest BCUT2D eigenvalue weighted by Crippen LogP contribution is -2.45. The van der Waals surface area contributed by atoms with Crippen molar-refractivity contribution in [2.75, 3.05) is 19.6 Å². The second-order valence-electron chi connectivity index (χ2n) is 7.05. The highest BCUT2D eigenvalue weighted by Gasteiger charge is 2.28. The summed E-state index contributed by atoms with van der Waals surface area (Å²) in [6.45, 7) is 6.27. The average molecular weight is 402 g/mol. The molecule has 1 aromatic carbocycles. The Morgan fingerprint density at radius 3 is 2.79 bits per heavy atom. The van der Waals surface area contributed by atoms with E-state index >= 15 is 0 Å². The molecule has 1 saturated heterocycles. The summed E-state index contributed by atoms with van der Waals surface area (Å²) in [6, 6.07) is 7.18. The molecule has 2 amide bonds. The number of carbonyl (C=O) groups is 2. The molecule has 1 aromatic heterocycles. The van der Waals surface area contributed by atoms with Gasteiger partial charge in [-0.15, -0.1) is 11.3 Å². The SMILES string of the molecule is CCCNC(=O)C1CCCN(C(=O)c2ccc(OCc3csc(C)n3)cc2)C1. The number of piperidine rings is 1. The molecule has 0 saturated carbocycles. The fourth-order valence-corrected chi connectivity index (χ4v) is 3.87. The number of hydrogen-bond donors (Lipinski definition) is 1. The third kappa shape index (κ3) is 5.32. The summed E-state index contributed by atoms with van der Waals surface area (Å²) >= 11 is 1.60. The van der Waals surface area contributed by atoms with Gasteiger partial charge in [-0.25, -0.2) is 4.98 Å². The molecular weight excluding hydrogens is 374 g/mol. The molecule has 1 aliphatic heterocycles. The molecule has 28 heavy (non-hydrogen) atoms. The number of ether oxygens (including phenoxy) is 1. The van der Waals surface area contributed by atoms with Crippen LogP contribution in [0.4, 0.5) is 0 Å². The number of amides is 2. The molecule has 1 unspecified atom stereocenters. The van der Waals surface area contributed by atoms with Crippen molar-refractivity contribution < 1.29 is 14.3 Å². The van der Waals surface area contributed by atoms with Gasteiger partial charge in [0.05, 0.1) is 16.6 Å². The van der Waals surface area contributed by atoms with E-state index in [1.54, 1.807) is 28.4 Å². The Kier molecular flexibility index (Phi) is 7.03. The predicted molar refractivity (Wildman–Crippen MR) is 110 cm³/mol. The van der Waals surface area contributed by atoms with E-state index in [4.69, 9.17) is 4.74 Å². The number of hydrogen-bond acceptors (Lipinski definition) is 5. The first-order chi connectivity index (χ1) is 13.6. The molecule has 0 aliphatic carbocycles. The maximum absolute atomic E-state index is 12.8. The van der Waals surface area contributed by atoms with Gasteiger partial charge in [0.1, 0.15) is 12.4 Å². The van der Waals surface area contributed by atoms with Crippen LogP contribution in [-0.2, 0) is 11.4 Å². The van der Waals surface area contributed by atoms with Crippen LogP contribution in [0.1, 0.15) is 47.2 Å². The van der Waals surface area contributed by atoms with Gasteiger partial charge in [-0.05, 0) is 50.5 Å². The largest absolute Gasteiger partial charge is 0.487 e. The van der Waals surface area contributed by atoms with Gasteiger partial charge in [-0.2, -0.15) is 0 Å². The van der Waals surface area contributed by atoms with E-state index in [9.17, 15) is 9.59 Å². The molecule has 0 spiro atoms. The number of aromatic nitrogens is 1. The Morgan fingerprint density at radius 1 is 1.32 bits per heavy atom. The van der Waals surface area contributed by atoms with Crippen molar-refractivity contribution in [3.8, 4) is 5.75 Å². The van der Waals surface area contributed by atoms with Crippen molar-refractivity contribution >= 4 is 23.2 Å². The molecule has 7 heteroatoms. The minimum Gasteiger partial charge on any atom is -0.487 e. The molecular formula is C21H27N3O3S. The fraction of sp³-hybridized carbons (Fsp3) is 0.476. The van der Waals surface area contributed by atoms with Gasteiger partial charge in [0, 0.05) is 30.6 Å². The number of likely N-dealkylation sites (tertiary alicyclic amines) is 1. The van der Waals surface area contributed by atoms with E-state index in [-0.39, 0.29) is 17.7 Å². The van der Waals surface area contributed by atoms with Crippen molar-refractivity contribution in [3.63, 3.8) is 0 Å². The van der Waals surface area contributed by atoms with Crippen LogP contribution in [0.25, 0.3) is 0 Å². The summed E-state index contributed by atoms with van der Waals surface area (Å²) in [6.07, 6.45) is 2.60. The van der Waals surface area contributed by atoms with Crippen LogP contribution in [0.15, 0.2) is 29.6 Å². The molecule has 1 aliphatic rings. The highest BCUT2D eigenvalue weighted by atomic mass is 32.1. The zero-order valence-electron chi connectivity index (χ0n) is 16.4. The molecule has 1 fully saturated rings. The quantitative estimate of drug-likeness (QED) is 0.772. The zero-order valence-corrected chi connectivity index (χ0v) is 17.3. The normalized spacial score (nSPS) is 16.6. The molecule has 0 radical (unpaired) electrons. The van der Waals surface area contributed by atoms with Crippen LogP contribution in [0.5, 0.6) is 5.75 Å². The summed E-state index contributed by atoms with van der Waals surface area (Å²) < 4.78 is 5.74. The topological polar surface area (TPSA) is 71.5 Å². The van der Waals surface area contributed by atoms with Gasteiger partial charge >= 0.3 is 0 Å². The first kappa shape index (κ1) is 20.3. The second kappa shape index (κ2) is 9.68. The summed E-state index contributed by atoms with van der Waals surface area (Å²) in [5.74, 6) is 0.612. The molecule has 2 aromatic rings. The van der Waals surface area contributed by atoms with E-state index in [0.29, 0.717) is 37.6 Å². The van der Waals surface area contributed by atoms with Gasteiger partial charge in [0.2, 0.25) is 5.91 Å². The Balaban J connectivity index is 1.55. The fourth-order valence-electron chi connectivity index (χ4n) is 3.28.